The molecule has 0 fully saturated rings. The van der Waals surface area contributed by atoms with Crippen molar-refractivity contribution in [3.05, 3.63) is 35.4 Å². The number of carbonyl (C=O) groups is 1. The molecule has 0 aliphatic heterocycles. The van der Waals surface area contributed by atoms with E-state index in [0.717, 1.165) is 31.2 Å². The van der Waals surface area contributed by atoms with Crippen LogP contribution in [0.3, 0.4) is 0 Å². The number of nitrogens with two attached hydrogens (primary N) is 1. The van der Waals surface area contributed by atoms with Gasteiger partial charge in [-0.05, 0) is 31.2 Å². The summed E-state index contributed by atoms with van der Waals surface area (Å²) in [6.45, 7) is 2.05. The minimum Gasteiger partial charge on any atom is -0.327 e. The van der Waals surface area contributed by atoms with Gasteiger partial charge in [0.15, 0.2) is 5.78 Å². The maximum Gasteiger partial charge on any atom is 0.167 e. The van der Waals surface area contributed by atoms with Crippen LogP contribution in [0.2, 0.25) is 0 Å². The Balaban J connectivity index is 2.33. The third-order valence-corrected chi connectivity index (χ3v) is 3.57. The summed E-state index contributed by atoms with van der Waals surface area (Å²) < 4.78 is 0. The fourth-order valence-corrected chi connectivity index (χ4v) is 2.51. The van der Waals surface area contributed by atoms with Gasteiger partial charge in [-0.15, -0.1) is 0 Å². The number of hydrogen-bond acceptors (Lipinski definition) is 2. The molecule has 2 nitrogen and oxygen atoms in total. The van der Waals surface area contributed by atoms with E-state index in [1.165, 1.54) is 5.56 Å². The third-order valence-electron chi connectivity index (χ3n) is 3.57. The van der Waals surface area contributed by atoms with Gasteiger partial charge < -0.3 is 5.73 Å². The van der Waals surface area contributed by atoms with E-state index in [0.29, 0.717) is 0 Å². The van der Waals surface area contributed by atoms with Gasteiger partial charge in [-0.2, -0.15) is 0 Å². The zero-order valence-electron chi connectivity index (χ0n) is 9.78. The predicted octanol–water partition coefficient (Wildman–Crippen LogP) is 2.56. The van der Waals surface area contributed by atoms with E-state index in [1.807, 2.05) is 18.2 Å². The van der Waals surface area contributed by atoms with Crippen LogP contribution < -0.4 is 5.73 Å². The summed E-state index contributed by atoms with van der Waals surface area (Å²) in [5.41, 5.74) is 8.13. The van der Waals surface area contributed by atoms with Gasteiger partial charge in [0.1, 0.15) is 0 Å². The molecule has 0 bridgehead atoms. The molecule has 86 valence electrons. The number of Topliss-reactive ketones (excluding diaryl/α,β-unsaturated/α-hetero) is 1. The molecule has 1 aliphatic carbocycles. The van der Waals surface area contributed by atoms with Gasteiger partial charge in [0.25, 0.3) is 0 Å². The lowest BCUT2D eigenvalue weighted by Crippen LogP contribution is -2.34. The van der Waals surface area contributed by atoms with Crippen LogP contribution in [0.25, 0.3) is 0 Å². The van der Waals surface area contributed by atoms with Crippen LogP contribution in [0, 0.1) is 5.92 Å². The molecule has 0 saturated carbocycles. The fourth-order valence-electron chi connectivity index (χ4n) is 2.51. The van der Waals surface area contributed by atoms with E-state index in [1.54, 1.807) is 0 Å². The first-order chi connectivity index (χ1) is 7.74. The minimum absolute atomic E-state index is 0.0126. The Labute approximate surface area is 96.8 Å². The second-order valence-corrected chi connectivity index (χ2v) is 4.59. The lowest BCUT2D eigenvalue weighted by molar-refractivity contribution is 0.0895. The van der Waals surface area contributed by atoms with E-state index < -0.39 is 0 Å². The molecule has 1 aliphatic rings. The topological polar surface area (TPSA) is 43.1 Å². The Morgan fingerprint density at radius 1 is 1.44 bits per heavy atom. The van der Waals surface area contributed by atoms with Crippen LogP contribution in [0.4, 0.5) is 0 Å². The second kappa shape index (κ2) is 4.79. The first-order valence-corrected chi connectivity index (χ1v) is 6.11. The van der Waals surface area contributed by atoms with Crippen LogP contribution >= 0.6 is 0 Å². The van der Waals surface area contributed by atoms with Crippen molar-refractivity contribution in [2.75, 3.05) is 0 Å². The normalized spacial score (nSPS) is 22.4. The summed E-state index contributed by atoms with van der Waals surface area (Å²) in [6.07, 6.45) is 3.89. The Morgan fingerprint density at radius 3 is 2.94 bits per heavy atom. The molecule has 2 unspecified atom stereocenters. The van der Waals surface area contributed by atoms with Gasteiger partial charge in [0.05, 0.1) is 0 Å². The third kappa shape index (κ3) is 2.03. The molecule has 2 atom stereocenters. The first-order valence-electron chi connectivity index (χ1n) is 6.11. The SMILES string of the molecule is CCC(N)C1CCCc2ccccc2C1=O. The maximum absolute atomic E-state index is 12.4. The molecule has 0 saturated heterocycles. The van der Waals surface area contributed by atoms with Crippen molar-refractivity contribution in [3.8, 4) is 0 Å². The lowest BCUT2D eigenvalue weighted by atomic mass is 9.88. The molecular formula is C14H19NO. The van der Waals surface area contributed by atoms with E-state index in [2.05, 4.69) is 13.0 Å². The predicted molar refractivity (Wildman–Crippen MR) is 65.5 cm³/mol. The van der Waals surface area contributed by atoms with Crippen LogP contribution in [-0.2, 0) is 6.42 Å². The zero-order chi connectivity index (χ0) is 11.5. The molecule has 0 aromatic heterocycles. The second-order valence-electron chi connectivity index (χ2n) is 4.59. The largest absolute Gasteiger partial charge is 0.327 e. The number of ketones is 1. The Hall–Kier alpha value is -1.15. The summed E-state index contributed by atoms with van der Waals surface area (Å²) in [7, 11) is 0. The fraction of sp³-hybridized carbons (Fsp3) is 0.500. The van der Waals surface area contributed by atoms with Crippen molar-refractivity contribution in [3.63, 3.8) is 0 Å². The Morgan fingerprint density at radius 2 is 2.19 bits per heavy atom. The summed E-state index contributed by atoms with van der Waals surface area (Å²) >= 11 is 0. The summed E-state index contributed by atoms with van der Waals surface area (Å²) in [5.74, 6) is 0.274. The van der Waals surface area contributed by atoms with Crippen molar-refractivity contribution in [1.82, 2.24) is 0 Å². The van der Waals surface area contributed by atoms with Crippen molar-refractivity contribution < 1.29 is 4.79 Å². The molecule has 2 heteroatoms. The van der Waals surface area contributed by atoms with E-state index >= 15 is 0 Å². The average Bonchev–Trinajstić information content (AvgIpc) is 2.49. The van der Waals surface area contributed by atoms with Crippen LogP contribution in [-0.4, -0.2) is 11.8 Å². The molecule has 1 aromatic carbocycles. The molecular weight excluding hydrogens is 198 g/mol. The highest BCUT2D eigenvalue weighted by Gasteiger charge is 2.28. The standard InChI is InChI=1S/C14H19NO/c1-2-13(15)12-9-5-7-10-6-3-4-8-11(10)14(12)16/h3-4,6,8,12-13H,2,5,7,9,15H2,1H3. The van der Waals surface area contributed by atoms with Gasteiger partial charge in [-0.1, -0.05) is 31.2 Å². The van der Waals surface area contributed by atoms with Gasteiger partial charge in [-0.3, -0.25) is 4.79 Å². The number of aryl methyl sites for hydroxylation is 1. The summed E-state index contributed by atoms with van der Waals surface area (Å²) in [5, 5.41) is 0. The Bertz CT molecular complexity index is 386. The van der Waals surface area contributed by atoms with Crippen molar-refractivity contribution >= 4 is 5.78 Å². The van der Waals surface area contributed by atoms with Crippen LogP contribution in [0.15, 0.2) is 24.3 Å². The Kier molecular flexibility index (Phi) is 3.39. The first kappa shape index (κ1) is 11.3. The molecule has 2 rings (SSSR count). The number of carbonyl (C=O) groups excluding carboxylic acids is 1. The summed E-state index contributed by atoms with van der Waals surface area (Å²) in [4.78, 5) is 12.4. The van der Waals surface area contributed by atoms with Gasteiger partial charge in [0.2, 0.25) is 0 Å². The number of benzene rings is 1. The number of fused-ring (bicyclic) bond motifs is 1. The van der Waals surface area contributed by atoms with Gasteiger partial charge in [-0.25, -0.2) is 0 Å². The molecule has 16 heavy (non-hydrogen) atoms. The number of hydrogen-bond donors (Lipinski definition) is 1. The maximum atomic E-state index is 12.4. The molecule has 0 radical (unpaired) electrons. The highest BCUT2D eigenvalue weighted by Crippen LogP contribution is 2.26. The number of rotatable bonds is 2. The molecule has 2 N–H and O–H groups in total. The van der Waals surface area contributed by atoms with Gasteiger partial charge in [0, 0.05) is 17.5 Å². The van der Waals surface area contributed by atoms with E-state index in [9.17, 15) is 4.79 Å². The molecule has 0 spiro atoms. The monoisotopic (exact) mass is 217 g/mol. The highest BCUT2D eigenvalue weighted by molar-refractivity contribution is 5.99. The van der Waals surface area contributed by atoms with Crippen molar-refractivity contribution in [2.24, 2.45) is 11.7 Å². The molecule has 0 amide bonds. The highest BCUT2D eigenvalue weighted by atomic mass is 16.1. The van der Waals surface area contributed by atoms with Crippen molar-refractivity contribution in [2.45, 2.75) is 38.6 Å². The van der Waals surface area contributed by atoms with Crippen LogP contribution in [0.5, 0.6) is 0 Å². The summed E-state index contributed by atoms with van der Waals surface area (Å²) in [6, 6.07) is 7.97. The zero-order valence-corrected chi connectivity index (χ0v) is 9.78. The minimum atomic E-state index is 0.0126. The quantitative estimate of drug-likeness (QED) is 0.774. The van der Waals surface area contributed by atoms with Crippen LogP contribution in [0.1, 0.15) is 42.1 Å². The van der Waals surface area contributed by atoms with E-state index in [-0.39, 0.29) is 17.7 Å². The molecule has 1 aromatic rings. The average molecular weight is 217 g/mol. The molecule has 0 heterocycles. The lowest BCUT2D eigenvalue weighted by Gasteiger charge is -2.19. The smallest absolute Gasteiger partial charge is 0.167 e. The van der Waals surface area contributed by atoms with E-state index in [4.69, 9.17) is 5.73 Å². The van der Waals surface area contributed by atoms with Crippen molar-refractivity contribution in [1.29, 1.82) is 0 Å². The van der Waals surface area contributed by atoms with Gasteiger partial charge >= 0.3 is 0 Å².